The van der Waals surface area contributed by atoms with Crippen LogP contribution in [0.25, 0.3) is 32.3 Å². The SMILES string of the molecule is COCCNc1cc(-c2sc(-c3ncn[nH]3)c(-c3ccc(Cl)cc3Cl)c2C#N)ccn1. The van der Waals surface area contributed by atoms with Crippen LogP contribution in [0.5, 0.6) is 0 Å². The van der Waals surface area contributed by atoms with Gasteiger partial charge in [-0.25, -0.2) is 9.97 Å². The maximum atomic E-state index is 10.1. The summed E-state index contributed by atoms with van der Waals surface area (Å²) in [6.45, 7) is 1.18. The van der Waals surface area contributed by atoms with Crippen molar-refractivity contribution in [3.8, 4) is 38.3 Å². The van der Waals surface area contributed by atoms with E-state index in [9.17, 15) is 5.26 Å². The van der Waals surface area contributed by atoms with E-state index in [1.807, 2.05) is 18.2 Å². The highest BCUT2D eigenvalue weighted by molar-refractivity contribution is 7.19. The summed E-state index contributed by atoms with van der Waals surface area (Å²) in [5.74, 6) is 1.25. The van der Waals surface area contributed by atoms with E-state index in [0.717, 1.165) is 15.3 Å². The van der Waals surface area contributed by atoms with Crippen molar-refractivity contribution in [2.24, 2.45) is 0 Å². The fraction of sp³-hybridized carbons (Fsp3) is 0.143. The van der Waals surface area contributed by atoms with Gasteiger partial charge in [0.15, 0.2) is 5.82 Å². The molecule has 4 rings (SSSR count). The minimum absolute atomic E-state index is 0.450. The molecule has 0 saturated carbocycles. The van der Waals surface area contributed by atoms with Gasteiger partial charge in [-0.3, -0.25) is 5.10 Å². The molecular formula is C21H16Cl2N6OS. The van der Waals surface area contributed by atoms with Crippen LogP contribution in [0.4, 0.5) is 5.82 Å². The highest BCUT2D eigenvalue weighted by atomic mass is 35.5. The number of nitrogens with zero attached hydrogens (tertiary/aromatic N) is 4. The fourth-order valence-corrected chi connectivity index (χ4v) is 4.83. The average Bonchev–Trinajstić information content (AvgIpc) is 3.42. The summed E-state index contributed by atoms with van der Waals surface area (Å²) in [6.07, 6.45) is 3.13. The molecule has 3 heterocycles. The average molecular weight is 471 g/mol. The van der Waals surface area contributed by atoms with Gasteiger partial charge >= 0.3 is 0 Å². The Kier molecular flexibility index (Phi) is 6.49. The summed E-state index contributed by atoms with van der Waals surface area (Å²) in [5, 5.41) is 21.1. The van der Waals surface area contributed by atoms with Gasteiger partial charge in [-0.2, -0.15) is 10.4 Å². The van der Waals surface area contributed by atoms with Crippen molar-refractivity contribution >= 4 is 40.4 Å². The molecule has 7 nitrogen and oxygen atoms in total. The van der Waals surface area contributed by atoms with Crippen LogP contribution in [-0.4, -0.2) is 40.4 Å². The number of aromatic amines is 1. The van der Waals surface area contributed by atoms with E-state index in [-0.39, 0.29) is 0 Å². The van der Waals surface area contributed by atoms with Crippen LogP contribution in [-0.2, 0) is 4.74 Å². The third kappa shape index (κ3) is 4.40. The standard InChI is InChI=1S/C21H16Cl2N6OS/c1-30-7-6-26-17-8-12(4-5-25-17)19-15(10-24)18(14-3-2-13(22)9-16(14)23)20(31-19)21-27-11-28-29-21/h2-5,8-9,11H,6-7H2,1H3,(H,25,26)(H,27,28,29). The first-order chi connectivity index (χ1) is 15.1. The normalized spacial score (nSPS) is 10.8. The number of ether oxygens (including phenoxy) is 1. The topological polar surface area (TPSA) is 99.5 Å². The summed E-state index contributed by atoms with van der Waals surface area (Å²) < 4.78 is 5.07. The van der Waals surface area contributed by atoms with Crippen LogP contribution in [0.3, 0.4) is 0 Å². The van der Waals surface area contributed by atoms with E-state index in [1.54, 1.807) is 25.4 Å². The van der Waals surface area contributed by atoms with Crippen molar-refractivity contribution in [2.75, 3.05) is 25.6 Å². The van der Waals surface area contributed by atoms with Gasteiger partial charge in [-0.1, -0.05) is 29.3 Å². The smallest absolute Gasteiger partial charge is 0.166 e. The van der Waals surface area contributed by atoms with Crippen LogP contribution in [0, 0.1) is 11.3 Å². The number of benzene rings is 1. The summed E-state index contributed by atoms with van der Waals surface area (Å²) in [7, 11) is 1.64. The largest absolute Gasteiger partial charge is 0.383 e. The number of nitriles is 1. The number of methoxy groups -OCH3 is 1. The zero-order valence-electron chi connectivity index (χ0n) is 16.3. The maximum Gasteiger partial charge on any atom is 0.166 e. The second-order valence-electron chi connectivity index (χ2n) is 6.43. The number of H-pyrrole nitrogens is 1. The van der Waals surface area contributed by atoms with Crippen LogP contribution >= 0.6 is 34.5 Å². The van der Waals surface area contributed by atoms with E-state index >= 15 is 0 Å². The second kappa shape index (κ2) is 9.45. The van der Waals surface area contributed by atoms with Crippen LogP contribution < -0.4 is 5.32 Å². The molecule has 4 aromatic rings. The van der Waals surface area contributed by atoms with Gasteiger partial charge in [-0.05, 0) is 29.8 Å². The van der Waals surface area contributed by atoms with Gasteiger partial charge in [0.2, 0.25) is 0 Å². The lowest BCUT2D eigenvalue weighted by atomic mass is 9.98. The predicted octanol–water partition coefficient (Wildman–Crippen LogP) is 5.50. The summed E-state index contributed by atoms with van der Waals surface area (Å²) in [6, 6.07) is 11.3. The number of anilines is 1. The van der Waals surface area contributed by atoms with Crippen molar-refractivity contribution in [1.82, 2.24) is 20.2 Å². The Hall–Kier alpha value is -2.96. The molecular weight excluding hydrogens is 455 g/mol. The molecule has 0 saturated heterocycles. The third-order valence-corrected chi connectivity index (χ3v) is 6.28. The van der Waals surface area contributed by atoms with Crippen LogP contribution in [0.2, 0.25) is 10.0 Å². The predicted molar refractivity (Wildman–Crippen MR) is 123 cm³/mol. The number of thiophene rings is 1. The Balaban J connectivity index is 1.89. The third-order valence-electron chi connectivity index (χ3n) is 4.49. The van der Waals surface area contributed by atoms with Crippen molar-refractivity contribution in [2.45, 2.75) is 0 Å². The fourth-order valence-electron chi connectivity index (χ4n) is 3.12. The molecule has 0 amide bonds. The lowest BCUT2D eigenvalue weighted by Crippen LogP contribution is -2.08. The lowest BCUT2D eigenvalue weighted by Gasteiger charge is -2.08. The van der Waals surface area contributed by atoms with Gasteiger partial charge in [-0.15, -0.1) is 11.3 Å². The van der Waals surface area contributed by atoms with E-state index in [2.05, 4.69) is 31.6 Å². The highest BCUT2D eigenvalue weighted by Crippen LogP contribution is 2.48. The van der Waals surface area contributed by atoms with Crippen LogP contribution in [0.15, 0.2) is 42.9 Å². The molecule has 0 atom stereocenters. The number of aromatic nitrogens is 4. The Morgan fingerprint density at radius 3 is 2.77 bits per heavy atom. The first kappa shape index (κ1) is 21.3. The highest BCUT2D eigenvalue weighted by Gasteiger charge is 2.25. The summed E-state index contributed by atoms with van der Waals surface area (Å²) in [4.78, 5) is 10.2. The molecule has 156 valence electrons. The van der Waals surface area contributed by atoms with Crippen molar-refractivity contribution < 1.29 is 4.74 Å². The minimum atomic E-state index is 0.450. The minimum Gasteiger partial charge on any atom is -0.383 e. The molecule has 3 aromatic heterocycles. The van der Waals surface area contributed by atoms with E-state index < -0.39 is 0 Å². The van der Waals surface area contributed by atoms with Crippen molar-refractivity contribution in [3.63, 3.8) is 0 Å². The molecule has 2 N–H and O–H groups in total. The van der Waals surface area contributed by atoms with E-state index in [4.69, 9.17) is 27.9 Å². The zero-order valence-corrected chi connectivity index (χ0v) is 18.6. The first-order valence-electron chi connectivity index (χ1n) is 9.19. The number of rotatable bonds is 7. The van der Waals surface area contributed by atoms with Crippen molar-refractivity contribution in [1.29, 1.82) is 5.26 Å². The Morgan fingerprint density at radius 1 is 1.19 bits per heavy atom. The van der Waals surface area contributed by atoms with Crippen LogP contribution in [0.1, 0.15) is 5.56 Å². The lowest BCUT2D eigenvalue weighted by molar-refractivity contribution is 0.210. The molecule has 0 aliphatic carbocycles. The number of pyridine rings is 1. The first-order valence-corrected chi connectivity index (χ1v) is 10.8. The quantitative estimate of drug-likeness (QED) is 0.346. The summed E-state index contributed by atoms with van der Waals surface area (Å²) in [5.41, 5.74) is 2.74. The molecule has 0 aliphatic heterocycles. The molecule has 0 spiro atoms. The van der Waals surface area contributed by atoms with E-state index in [0.29, 0.717) is 51.5 Å². The molecule has 0 radical (unpaired) electrons. The molecule has 0 bridgehead atoms. The van der Waals surface area contributed by atoms with Gasteiger partial charge < -0.3 is 10.1 Å². The molecule has 31 heavy (non-hydrogen) atoms. The molecule has 0 aliphatic rings. The van der Waals surface area contributed by atoms with Gasteiger partial charge in [0.1, 0.15) is 18.2 Å². The zero-order chi connectivity index (χ0) is 21.8. The monoisotopic (exact) mass is 470 g/mol. The Morgan fingerprint density at radius 2 is 2.06 bits per heavy atom. The van der Waals surface area contributed by atoms with Gasteiger partial charge in [0.05, 0.1) is 21.9 Å². The Labute approximate surface area is 192 Å². The maximum absolute atomic E-state index is 10.1. The number of halogens is 2. The molecule has 10 heteroatoms. The summed E-state index contributed by atoms with van der Waals surface area (Å²) >= 11 is 14.0. The molecule has 0 fully saturated rings. The molecule has 0 unspecified atom stereocenters. The number of nitrogens with one attached hydrogen (secondary N) is 2. The number of hydrogen-bond acceptors (Lipinski definition) is 7. The number of hydrogen-bond donors (Lipinski definition) is 2. The van der Waals surface area contributed by atoms with Crippen molar-refractivity contribution in [3.05, 3.63) is 58.5 Å². The van der Waals surface area contributed by atoms with Gasteiger partial charge in [0, 0.05) is 41.0 Å². The van der Waals surface area contributed by atoms with E-state index in [1.165, 1.54) is 17.7 Å². The van der Waals surface area contributed by atoms with Gasteiger partial charge in [0.25, 0.3) is 0 Å². The second-order valence-corrected chi connectivity index (χ2v) is 8.29. The molecule has 1 aromatic carbocycles. The Bertz CT molecular complexity index is 1250.